The van der Waals surface area contributed by atoms with E-state index in [9.17, 15) is 14.4 Å². The number of nitrogens with zero attached hydrogens (tertiary/aromatic N) is 4. The predicted octanol–water partition coefficient (Wildman–Crippen LogP) is 3.60. The number of para-hydroxylation sites is 1. The second kappa shape index (κ2) is 8.13. The number of rotatable bonds is 6. The number of anilines is 2. The maximum atomic E-state index is 13.3. The zero-order valence-corrected chi connectivity index (χ0v) is 18.2. The Morgan fingerprint density at radius 3 is 2.68 bits per heavy atom. The minimum absolute atomic E-state index is 0.000609. The van der Waals surface area contributed by atoms with Gasteiger partial charge in [-0.25, -0.2) is 0 Å². The summed E-state index contributed by atoms with van der Waals surface area (Å²) in [5.41, 5.74) is 1.31. The first-order valence-corrected chi connectivity index (χ1v) is 10.8. The Kier molecular flexibility index (Phi) is 5.52. The van der Waals surface area contributed by atoms with Crippen molar-refractivity contribution in [2.45, 2.75) is 58.2 Å². The number of carbonyl (C=O) groups excluding carboxylic acids is 3. The summed E-state index contributed by atoms with van der Waals surface area (Å²) in [7, 11) is 0. The molecule has 1 fully saturated rings. The first-order chi connectivity index (χ1) is 14.8. The molecule has 0 aliphatic carbocycles. The summed E-state index contributed by atoms with van der Waals surface area (Å²) in [4.78, 5) is 48.4. The SMILES string of the molecule is CC(C)N(C(=O)CCCN1C(=O)c2ccccc2N2C(=O)CCC12C)c1cccnc1. The molecule has 0 N–H and O–H groups in total. The van der Waals surface area contributed by atoms with Gasteiger partial charge < -0.3 is 9.80 Å². The lowest BCUT2D eigenvalue weighted by atomic mass is 9.97. The number of hydrogen-bond donors (Lipinski definition) is 0. The van der Waals surface area contributed by atoms with Crippen LogP contribution in [0.4, 0.5) is 11.4 Å². The Morgan fingerprint density at radius 1 is 1.19 bits per heavy atom. The van der Waals surface area contributed by atoms with Crippen LogP contribution < -0.4 is 9.80 Å². The number of carbonyl (C=O) groups is 3. The molecule has 1 saturated heterocycles. The summed E-state index contributed by atoms with van der Waals surface area (Å²) in [6.07, 6.45) is 5.20. The Balaban J connectivity index is 1.51. The molecule has 2 aliphatic heterocycles. The van der Waals surface area contributed by atoms with Crippen molar-refractivity contribution in [3.05, 3.63) is 54.4 Å². The summed E-state index contributed by atoms with van der Waals surface area (Å²) < 4.78 is 0. The van der Waals surface area contributed by atoms with Gasteiger partial charge >= 0.3 is 0 Å². The number of benzene rings is 1. The smallest absolute Gasteiger partial charge is 0.257 e. The van der Waals surface area contributed by atoms with Crippen molar-refractivity contribution in [2.75, 3.05) is 16.3 Å². The van der Waals surface area contributed by atoms with Crippen LogP contribution in [0.3, 0.4) is 0 Å². The lowest BCUT2D eigenvalue weighted by Gasteiger charge is -2.48. The van der Waals surface area contributed by atoms with Gasteiger partial charge in [0.1, 0.15) is 5.66 Å². The largest absolute Gasteiger partial charge is 0.315 e. The van der Waals surface area contributed by atoms with Crippen LogP contribution in [0.1, 0.15) is 56.8 Å². The average Bonchev–Trinajstić information content (AvgIpc) is 3.06. The fourth-order valence-corrected chi connectivity index (χ4v) is 4.78. The van der Waals surface area contributed by atoms with Crippen LogP contribution in [0, 0.1) is 0 Å². The minimum Gasteiger partial charge on any atom is -0.315 e. The maximum Gasteiger partial charge on any atom is 0.257 e. The van der Waals surface area contributed by atoms with E-state index in [1.54, 1.807) is 33.2 Å². The zero-order chi connectivity index (χ0) is 22.2. The van der Waals surface area contributed by atoms with Crippen LogP contribution in [0.15, 0.2) is 48.8 Å². The van der Waals surface area contributed by atoms with Crippen molar-refractivity contribution in [1.29, 1.82) is 0 Å². The van der Waals surface area contributed by atoms with Crippen molar-refractivity contribution in [3.63, 3.8) is 0 Å². The van der Waals surface area contributed by atoms with E-state index in [1.165, 1.54) is 0 Å². The lowest BCUT2D eigenvalue weighted by Crippen LogP contribution is -2.62. The van der Waals surface area contributed by atoms with E-state index in [0.717, 1.165) is 5.69 Å². The molecule has 0 radical (unpaired) electrons. The molecule has 0 spiro atoms. The van der Waals surface area contributed by atoms with Gasteiger partial charge in [0.15, 0.2) is 0 Å². The van der Waals surface area contributed by atoms with Crippen LogP contribution in [-0.4, -0.2) is 45.9 Å². The van der Waals surface area contributed by atoms with Gasteiger partial charge in [-0.05, 0) is 57.9 Å². The molecule has 3 heterocycles. The number of pyridine rings is 1. The summed E-state index contributed by atoms with van der Waals surface area (Å²) in [6.45, 7) is 6.31. The van der Waals surface area contributed by atoms with Gasteiger partial charge in [0.25, 0.3) is 5.91 Å². The maximum absolute atomic E-state index is 13.3. The molecule has 7 nitrogen and oxygen atoms in total. The highest BCUT2D eigenvalue weighted by atomic mass is 16.2. The monoisotopic (exact) mass is 420 g/mol. The van der Waals surface area contributed by atoms with E-state index in [0.29, 0.717) is 43.5 Å². The Labute approximate surface area is 182 Å². The molecule has 162 valence electrons. The van der Waals surface area contributed by atoms with Crippen molar-refractivity contribution in [2.24, 2.45) is 0 Å². The van der Waals surface area contributed by atoms with Gasteiger partial charge in [0, 0.05) is 31.6 Å². The fraction of sp³-hybridized carbons (Fsp3) is 0.417. The van der Waals surface area contributed by atoms with E-state index < -0.39 is 5.66 Å². The van der Waals surface area contributed by atoms with Crippen molar-refractivity contribution < 1.29 is 14.4 Å². The third kappa shape index (κ3) is 3.58. The van der Waals surface area contributed by atoms with Crippen LogP contribution in [0.5, 0.6) is 0 Å². The molecule has 0 saturated carbocycles. The highest BCUT2D eigenvalue weighted by Crippen LogP contribution is 2.44. The first-order valence-electron chi connectivity index (χ1n) is 10.8. The van der Waals surface area contributed by atoms with Crippen molar-refractivity contribution in [1.82, 2.24) is 9.88 Å². The van der Waals surface area contributed by atoms with Gasteiger partial charge in [0.2, 0.25) is 11.8 Å². The van der Waals surface area contributed by atoms with Crippen LogP contribution >= 0.6 is 0 Å². The van der Waals surface area contributed by atoms with E-state index in [1.807, 2.05) is 51.1 Å². The number of hydrogen-bond acceptors (Lipinski definition) is 4. The van der Waals surface area contributed by atoms with Gasteiger partial charge in [-0.3, -0.25) is 24.3 Å². The highest BCUT2D eigenvalue weighted by molar-refractivity contribution is 6.10. The molecule has 3 amide bonds. The topological polar surface area (TPSA) is 73.8 Å². The highest BCUT2D eigenvalue weighted by Gasteiger charge is 2.52. The van der Waals surface area contributed by atoms with Crippen molar-refractivity contribution in [3.8, 4) is 0 Å². The van der Waals surface area contributed by atoms with Gasteiger partial charge in [-0.15, -0.1) is 0 Å². The second-order valence-corrected chi connectivity index (χ2v) is 8.59. The Hall–Kier alpha value is -3.22. The second-order valence-electron chi connectivity index (χ2n) is 8.59. The third-order valence-corrected chi connectivity index (χ3v) is 6.23. The summed E-state index contributed by atoms with van der Waals surface area (Å²) in [5, 5.41) is 0. The van der Waals surface area contributed by atoms with E-state index in [2.05, 4.69) is 4.98 Å². The molecule has 1 aromatic heterocycles. The molecule has 1 atom stereocenters. The van der Waals surface area contributed by atoms with Crippen LogP contribution in [0.2, 0.25) is 0 Å². The van der Waals surface area contributed by atoms with Gasteiger partial charge in [0.05, 0.1) is 23.1 Å². The molecule has 4 rings (SSSR count). The molecule has 31 heavy (non-hydrogen) atoms. The molecule has 7 heteroatoms. The Bertz CT molecular complexity index is 1010. The summed E-state index contributed by atoms with van der Waals surface area (Å²) >= 11 is 0. The van der Waals surface area contributed by atoms with Crippen LogP contribution in [-0.2, 0) is 9.59 Å². The van der Waals surface area contributed by atoms with E-state index >= 15 is 0 Å². The molecule has 2 aromatic rings. The number of amides is 3. The van der Waals surface area contributed by atoms with Crippen molar-refractivity contribution >= 4 is 29.1 Å². The third-order valence-electron chi connectivity index (χ3n) is 6.23. The predicted molar refractivity (Wildman–Crippen MR) is 119 cm³/mol. The molecular formula is C24H28N4O3. The summed E-state index contributed by atoms with van der Waals surface area (Å²) in [6, 6.07) is 11.0. The number of aromatic nitrogens is 1. The molecular weight excluding hydrogens is 392 g/mol. The number of fused-ring (bicyclic) bond motifs is 3. The molecule has 1 aromatic carbocycles. The van der Waals surface area contributed by atoms with E-state index in [-0.39, 0.29) is 23.8 Å². The fourth-order valence-electron chi connectivity index (χ4n) is 4.78. The standard InChI is InChI=1S/C24H28N4O3/c1-17(2)27(18-8-6-14-25-16-18)21(29)11-7-15-26-23(31)19-9-4-5-10-20(19)28-22(30)12-13-24(26,28)3/h4-6,8-10,14,16-17H,7,11-13,15H2,1-3H3. The van der Waals surface area contributed by atoms with E-state index in [4.69, 9.17) is 0 Å². The minimum atomic E-state index is -0.688. The quantitative estimate of drug-likeness (QED) is 0.716. The first kappa shape index (κ1) is 21.0. The molecule has 1 unspecified atom stereocenters. The average molecular weight is 421 g/mol. The Morgan fingerprint density at radius 2 is 1.97 bits per heavy atom. The molecule has 2 aliphatic rings. The summed E-state index contributed by atoms with van der Waals surface area (Å²) in [5.74, 6) is -0.0482. The van der Waals surface area contributed by atoms with Crippen LogP contribution in [0.25, 0.3) is 0 Å². The van der Waals surface area contributed by atoms with Gasteiger partial charge in [-0.1, -0.05) is 12.1 Å². The molecule has 0 bridgehead atoms. The normalized spacial score (nSPS) is 20.1. The lowest BCUT2D eigenvalue weighted by molar-refractivity contribution is -0.119. The van der Waals surface area contributed by atoms with Gasteiger partial charge in [-0.2, -0.15) is 0 Å². The zero-order valence-electron chi connectivity index (χ0n) is 18.2.